The van der Waals surface area contributed by atoms with Gasteiger partial charge in [0.05, 0.1) is 36.2 Å². The van der Waals surface area contributed by atoms with E-state index in [2.05, 4.69) is 9.72 Å². The number of nitrogens with zero attached hydrogens (tertiary/aromatic N) is 4. The van der Waals surface area contributed by atoms with Gasteiger partial charge in [-0.05, 0) is 36.4 Å². The number of aliphatic hydroxyl groups excluding tert-OH is 1. The largest absolute Gasteiger partial charge is 0.457 e. The predicted molar refractivity (Wildman–Crippen MR) is 136 cm³/mol. The first kappa shape index (κ1) is 29.5. The van der Waals surface area contributed by atoms with Crippen molar-refractivity contribution in [3.8, 4) is 11.5 Å². The highest BCUT2D eigenvalue weighted by Gasteiger charge is 2.37. The molecule has 0 bridgehead atoms. The third-order valence-electron chi connectivity index (χ3n) is 5.71. The number of rotatable bonds is 7. The van der Waals surface area contributed by atoms with E-state index in [0.29, 0.717) is 0 Å². The maximum Gasteiger partial charge on any atom is 0.417 e. The number of benzene rings is 2. The maximum absolute atomic E-state index is 15.3. The fourth-order valence-corrected chi connectivity index (χ4v) is 4.12. The van der Waals surface area contributed by atoms with Crippen molar-refractivity contribution in [3.05, 3.63) is 76.8 Å². The Bertz CT molecular complexity index is 1490. The highest BCUT2D eigenvalue weighted by atomic mass is 35.5. The monoisotopic (exact) mass is 597 g/mol. The Morgan fingerprint density at radius 3 is 2.41 bits per heavy atom. The minimum Gasteiger partial charge on any atom is -0.457 e. The van der Waals surface area contributed by atoms with Crippen LogP contribution >= 0.6 is 11.6 Å². The summed E-state index contributed by atoms with van der Waals surface area (Å²) in [5, 5.41) is 8.88. The molecule has 2 aromatic carbocycles. The Labute approximate surface area is 234 Å². The number of ether oxygens (including phenoxy) is 2. The van der Waals surface area contributed by atoms with E-state index in [9.17, 15) is 32.7 Å². The molecule has 0 atom stereocenters. The van der Waals surface area contributed by atoms with Crippen LogP contribution in [0.5, 0.6) is 11.5 Å². The summed E-state index contributed by atoms with van der Waals surface area (Å²) >= 11 is 5.71. The number of pyridine rings is 1. The molecule has 0 unspecified atom stereocenters. The number of amides is 3. The van der Waals surface area contributed by atoms with E-state index in [-0.39, 0.29) is 55.1 Å². The first-order valence-electron chi connectivity index (χ1n) is 11.6. The van der Waals surface area contributed by atoms with Gasteiger partial charge in [0.25, 0.3) is 0 Å². The lowest BCUT2D eigenvalue weighted by atomic mass is 10.1. The summed E-state index contributed by atoms with van der Waals surface area (Å²) in [5.41, 5.74) is 3.00. The minimum absolute atomic E-state index is 0.0288. The van der Waals surface area contributed by atoms with Gasteiger partial charge in [0.15, 0.2) is 11.5 Å². The van der Waals surface area contributed by atoms with Crippen LogP contribution in [0.15, 0.2) is 54.7 Å². The van der Waals surface area contributed by atoms with Crippen molar-refractivity contribution in [2.24, 2.45) is 5.73 Å². The number of nitrogens with two attached hydrogens (primary N) is 1. The molecule has 1 aliphatic heterocycles. The molecule has 3 amide bonds. The van der Waals surface area contributed by atoms with Crippen LogP contribution < -0.4 is 20.3 Å². The number of hydrogen-bond acceptors (Lipinski definition) is 8. The number of primary amides is 1. The number of anilines is 2. The molecule has 4 rings (SSSR count). The van der Waals surface area contributed by atoms with Crippen molar-refractivity contribution < 1.29 is 46.5 Å². The Hall–Kier alpha value is -4.47. The van der Waals surface area contributed by atoms with Crippen LogP contribution in [0, 0.1) is 5.82 Å². The number of urea groups is 1. The fraction of sp³-hybridized carbons (Fsp3) is 0.200. The Kier molecular flexibility index (Phi) is 8.60. The number of carbonyl (C=O) groups is 3. The molecule has 0 saturated carbocycles. The highest BCUT2D eigenvalue weighted by molar-refractivity contribution is 6.31. The van der Waals surface area contributed by atoms with Crippen LogP contribution in [0.2, 0.25) is 5.02 Å². The second-order valence-electron chi connectivity index (χ2n) is 8.50. The molecule has 0 spiro atoms. The van der Waals surface area contributed by atoms with E-state index < -0.39 is 40.7 Å². The van der Waals surface area contributed by atoms with Crippen molar-refractivity contribution in [1.82, 2.24) is 9.88 Å². The van der Waals surface area contributed by atoms with Gasteiger partial charge in [-0.2, -0.15) is 13.2 Å². The maximum atomic E-state index is 15.3. The van der Waals surface area contributed by atoms with Gasteiger partial charge in [0.1, 0.15) is 11.5 Å². The third-order valence-corrected chi connectivity index (χ3v) is 6.04. The second kappa shape index (κ2) is 12.0. The minimum atomic E-state index is -4.78. The number of aromatic nitrogens is 1. The van der Waals surface area contributed by atoms with Crippen molar-refractivity contribution in [3.63, 3.8) is 0 Å². The highest BCUT2D eigenvalue weighted by Crippen LogP contribution is 2.38. The summed E-state index contributed by atoms with van der Waals surface area (Å²) < 4.78 is 65.4. The molecule has 1 saturated heterocycles. The SMILES string of the molecule is NC(=O)OC(=O)c1cc(Oc2ccc(N3CN(CCO)CN(c4ccc(Cl)c(C(F)(F)F)c4)C3=O)c(F)c2)ccn1. The number of aliphatic hydroxyl groups is 1. The molecule has 1 fully saturated rings. The van der Waals surface area contributed by atoms with Crippen molar-refractivity contribution >= 4 is 41.1 Å². The van der Waals surface area contributed by atoms with Crippen LogP contribution in [-0.4, -0.2) is 59.6 Å². The van der Waals surface area contributed by atoms with Gasteiger partial charge in [0.2, 0.25) is 0 Å². The fourth-order valence-electron chi connectivity index (χ4n) is 3.90. The predicted octanol–water partition coefficient (Wildman–Crippen LogP) is 4.58. The molecule has 16 heteroatoms. The molecule has 2 heterocycles. The lowest BCUT2D eigenvalue weighted by Crippen LogP contribution is -2.59. The van der Waals surface area contributed by atoms with Crippen molar-refractivity contribution in [1.29, 1.82) is 0 Å². The van der Waals surface area contributed by atoms with Crippen LogP contribution in [0.3, 0.4) is 0 Å². The first-order valence-corrected chi connectivity index (χ1v) is 12.0. The lowest BCUT2D eigenvalue weighted by molar-refractivity contribution is -0.137. The average molecular weight is 598 g/mol. The lowest BCUT2D eigenvalue weighted by Gasteiger charge is -2.42. The van der Waals surface area contributed by atoms with Gasteiger partial charge in [0, 0.05) is 30.6 Å². The third kappa shape index (κ3) is 6.82. The second-order valence-corrected chi connectivity index (χ2v) is 8.91. The number of hydrogen-bond donors (Lipinski definition) is 2. The summed E-state index contributed by atoms with van der Waals surface area (Å²) in [5.74, 6) is -2.07. The quantitative estimate of drug-likeness (QED) is 0.229. The Morgan fingerprint density at radius 2 is 1.76 bits per heavy atom. The summed E-state index contributed by atoms with van der Waals surface area (Å²) in [6, 6.07) is 8.07. The van der Waals surface area contributed by atoms with Crippen LogP contribution in [0.4, 0.5) is 38.5 Å². The number of alkyl halides is 3. The van der Waals surface area contributed by atoms with E-state index in [4.69, 9.17) is 22.1 Å². The van der Waals surface area contributed by atoms with Crippen molar-refractivity contribution in [2.45, 2.75) is 6.18 Å². The molecule has 216 valence electrons. The van der Waals surface area contributed by atoms with Gasteiger partial charge in [-0.1, -0.05) is 11.6 Å². The molecule has 0 radical (unpaired) electrons. The molecule has 11 nitrogen and oxygen atoms in total. The van der Waals surface area contributed by atoms with Crippen LogP contribution in [0.25, 0.3) is 0 Å². The number of carbonyl (C=O) groups excluding carboxylic acids is 3. The summed E-state index contributed by atoms with van der Waals surface area (Å²) in [4.78, 5) is 43.3. The van der Waals surface area contributed by atoms with E-state index in [0.717, 1.165) is 34.1 Å². The molecular weight excluding hydrogens is 578 g/mol. The molecule has 3 N–H and O–H groups in total. The van der Waals surface area contributed by atoms with E-state index in [1.54, 1.807) is 0 Å². The first-order chi connectivity index (χ1) is 19.4. The average Bonchev–Trinajstić information content (AvgIpc) is 2.89. The zero-order valence-electron chi connectivity index (χ0n) is 20.8. The van der Waals surface area contributed by atoms with Gasteiger partial charge in [-0.15, -0.1) is 0 Å². The smallest absolute Gasteiger partial charge is 0.417 e. The summed E-state index contributed by atoms with van der Waals surface area (Å²) in [6.07, 6.45) is -4.94. The Balaban J connectivity index is 1.61. The molecule has 1 aromatic heterocycles. The number of halogens is 5. The van der Waals surface area contributed by atoms with Crippen molar-refractivity contribution in [2.75, 3.05) is 36.3 Å². The van der Waals surface area contributed by atoms with Gasteiger partial charge in [-0.3, -0.25) is 14.7 Å². The van der Waals surface area contributed by atoms with E-state index >= 15 is 4.39 Å². The van der Waals surface area contributed by atoms with Gasteiger partial charge < -0.3 is 20.3 Å². The number of β-amino-alcohol motifs (C(OH)–C–C–N with tert-alkyl or cyclic N) is 1. The van der Waals surface area contributed by atoms with Gasteiger partial charge >= 0.3 is 24.3 Å². The molecule has 41 heavy (non-hydrogen) atoms. The Morgan fingerprint density at radius 1 is 1.05 bits per heavy atom. The molecule has 1 aliphatic rings. The summed E-state index contributed by atoms with van der Waals surface area (Å²) in [6.45, 7) is -0.658. The van der Waals surface area contributed by atoms with Crippen LogP contribution in [0.1, 0.15) is 16.1 Å². The summed E-state index contributed by atoms with van der Waals surface area (Å²) in [7, 11) is 0. The zero-order chi connectivity index (χ0) is 29.9. The number of esters is 1. The van der Waals surface area contributed by atoms with E-state index in [1.165, 1.54) is 35.4 Å². The zero-order valence-corrected chi connectivity index (χ0v) is 21.5. The van der Waals surface area contributed by atoms with Gasteiger partial charge in [-0.25, -0.2) is 23.8 Å². The molecule has 3 aromatic rings. The standard InChI is InChI=1S/C25H20ClF4N5O6/c26-18-3-1-14(9-17(18)25(28,29)30)34-12-33(7-8-36)13-35(24(34)39)21-4-2-15(10-19(21)27)40-16-5-6-32-20(11-16)22(37)41-23(31)38/h1-6,9-11,36H,7-8,12-13H2,(H2,31,38). The normalized spacial score (nSPS) is 14.2. The topological polar surface area (TPSA) is 139 Å². The molecule has 0 aliphatic carbocycles. The van der Waals surface area contributed by atoms with Crippen LogP contribution in [-0.2, 0) is 10.9 Å². The molecular formula is C25H20ClF4N5O6. The van der Waals surface area contributed by atoms with E-state index in [1.807, 2.05) is 0 Å².